The summed E-state index contributed by atoms with van der Waals surface area (Å²) in [5.41, 5.74) is 0. The molecule has 0 bridgehead atoms. The van der Waals surface area contributed by atoms with Crippen LogP contribution in [0.4, 0.5) is 0 Å². The molecule has 0 aromatic rings. The Hall–Kier alpha value is 0.930. The molecule has 1 rings (SSSR count). The van der Waals surface area contributed by atoms with Crippen LogP contribution in [-0.4, -0.2) is 15.8 Å². The molecule has 0 heterocycles. The second-order valence-electron chi connectivity index (χ2n) is 2.74. The minimum Gasteiger partial charge on any atom is -0.162 e. The van der Waals surface area contributed by atoms with Crippen molar-refractivity contribution < 1.29 is 0 Å². The first-order valence-corrected chi connectivity index (χ1v) is 5.53. The summed E-state index contributed by atoms with van der Waals surface area (Å²) in [5.74, 6) is 2.94. The molecule has 0 aromatic heterocycles. The smallest absolute Gasteiger partial charge is 0.122 e. The molecule has 1 unspecified atom stereocenters. The van der Waals surface area contributed by atoms with E-state index in [0.29, 0.717) is 5.92 Å². The van der Waals surface area contributed by atoms with Crippen molar-refractivity contribution in [3.05, 3.63) is 0 Å². The number of hydrogen-bond acceptors (Lipinski definition) is 1. The number of halogens is 2. The Labute approximate surface area is 76.7 Å². The maximum Gasteiger partial charge on any atom is 0.122 e. The zero-order valence-corrected chi connectivity index (χ0v) is 8.40. The summed E-state index contributed by atoms with van der Waals surface area (Å²) >= 11 is 13.6. The molecule has 10 heavy (non-hydrogen) atoms. The van der Waals surface area contributed by atoms with Crippen LogP contribution in [0.25, 0.3) is 0 Å². The van der Waals surface area contributed by atoms with Gasteiger partial charge in [-0.25, -0.2) is 0 Å². The Morgan fingerprint density at radius 2 is 2.20 bits per heavy atom. The summed E-state index contributed by atoms with van der Waals surface area (Å²) in [7, 11) is 0. The number of hydrogen-bond donors (Lipinski definition) is 0. The lowest BCUT2D eigenvalue weighted by molar-refractivity contribution is 0.975. The largest absolute Gasteiger partial charge is 0.162 e. The first kappa shape index (κ1) is 9.02. The first-order valence-electron chi connectivity index (χ1n) is 3.62. The summed E-state index contributed by atoms with van der Waals surface area (Å²) in [4.78, 5) is 0. The molecule has 0 nitrogen and oxygen atoms in total. The Kier molecular flexibility index (Phi) is 3.20. The third kappa shape index (κ3) is 2.52. The van der Waals surface area contributed by atoms with Gasteiger partial charge in [-0.1, -0.05) is 6.92 Å². The van der Waals surface area contributed by atoms with Crippen LogP contribution in [0.3, 0.4) is 0 Å². The Morgan fingerprint density at radius 3 is 2.60 bits per heavy atom. The number of thioether (sulfide) groups is 1. The van der Waals surface area contributed by atoms with Gasteiger partial charge in [-0.2, -0.15) is 11.8 Å². The minimum atomic E-state index is -0.360. The zero-order valence-electron chi connectivity index (χ0n) is 6.07. The van der Waals surface area contributed by atoms with E-state index in [-0.39, 0.29) is 4.33 Å². The Bertz CT molecular complexity index is 114. The van der Waals surface area contributed by atoms with Crippen molar-refractivity contribution >= 4 is 35.0 Å². The Balaban J connectivity index is 1.97. The zero-order chi connectivity index (χ0) is 7.61. The van der Waals surface area contributed by atoms with Crippen LogP contribution in [-0.2, 0) is 0 Å². The van der Waals surface area contributed by atoms with Gasteiger partial charge in [0.05, 0.1) is 0 Å². The molecule has 0 N–H and O–H groups in total. The van der Waals surface area contributed by atoms with Crippen LogP contribution < -0.4 is 0 Å². The van der Waals surface area contributed by atoms with Crippen molar-refractivity contribution in [3.8, 4) is 0 Å². The molecule has 1 atom stereocenters. The summed E-state index contributed by atoms with van der Waals surface area (Å²) in [5, 5.41) is 0. The van der Waals surface area contributed by atoms with E-state index in [9.17, 15) is 0 Å². The maximum absolute atomic E-state index is 5.84. The van der Waals surface area contributed by atoms with E-state index in [0.717, 1.165) is 12.2 Å². The third-order valence-electron chi connectivity index (χ3n) is 1.62. The molecule has 0 saturated heterocycles. The quantitative estimate of drug-likeness (QED) is 0.494. The maximum atomic E-state index is 5.84. The van der Waals surface area contributed by atoms with Crippen LogP contribution in [0.2, 0.25) is 0 Å². The predicted octanol–water partition coefficient (Wildman–Crippen LogP) is 3.32. The molecule has 0 aliphatic heterocycles. The van der Waals surface area contributed by atoms with E-state index in [2.05, 4.69) is 6.92 Å². The highest BCUT2D eigenvalue weighted by Gasteiger charge is 2.50. The van der Waals surface area contributed by atoms with Crippen LogP contribution in [0.5, 0.6) is 0 Å². The highest BCUT2D eigenvalue weighted by Crippen LogP contribution is 2.54. The van der Waals surface area contributed by atoms with Crippen LogP contribution in [0.1, 0.15) is 19.8 Å². The van der Waals surface area contributed by atoms with E-state index >= 15 is 0 Å². The van der Waals surface area contributed by atoms with E-state index in [4.69, 9.17) is 23.2 Å². The molecule has 1 saturated carbocycles. The third-order valence-corrected chi connectivity index (χ3v) is 3.88. The van der Waals surface area contributed by atoms with Crippen molar-refractivity contribution in [1.29, 1.82) is 0 Å². The molecule has 60 valence electrons. The van der Waals surface area contributed by atoms with Gasteiger partial charge < -0.3 is 0 Å². The van der Waals surface area contributed by atoms with Gasteiger partial charge in [-0.3, -0.25) is 0 Å². The lowest BCUT2D eigenvalue weighted by Crippen LogP contribution is -1.93. The molecule has 1 aliphatic rings. The van der Waals surface area contributed by atoms with Crippen LogP contribution >= 0.6 is 35.0 Å². The molecular formula is C7H12Cl2S. The lowest BCUT2D eigenvalue weighted by Gasteiger charge is -1.97. The van der Waals surface area contributed by atoms with Gasteiger partial charge in [0.1, 0.15) is 4.33 Å². The minimum absolute atomic E-state index is 0.360. The van der Waals surface area contributed by atoms with Gasteiger partial charge in [0, 0.05) is 5.92 Å². The second-order valence-corrected chi connectivity index (χ2v) is 5.43. The molecule has 0 spiro atoms. The molecule has 0 aromatic carbocycles. The predicted molar refractivity (Wildman–Crippen MR) is 50.2 cm³/mol. The lowest BCUT2D eigenvalue weighted by atomic mass is 10.5. The van der Waals surface area contributed by atoms with Crippen molar-refractivity contribution in [2.75, 3.05) is 11.5 Å². The van der Waals surface area contributed by atoms with Gasteiger partial charge in [0.2, 0.25) is 0 Å². The summed E-state index contributed by atoms with van der Waals surface area (Å²) in [6, 6.07) is 0. The van der Waals surface area contributed by atoms with Gasteiger partial charge in [0.15, 0.2) is 0 Å². The van der Waals surface area contributed by atoms with Crippen molar-refractivity contribution in [2.24, 2.45) is 5.92 Å². The highest BCUT2D eigenvalue weighted by atomic mass is 35.5. The molecule has 1 aliphatic carbocycles. The van der Waals surface area contributed by atoms with E-state index in [1.54, 1.807) is 0 Å². The average molecular weight is 199 g/mol. The molecular weight excluding hydrogens is 187 g/mol. The van der Waals surface area contributed by atoms with Gasteiger partial charge in [-0.15, -0.1) is 23.2 Å². The van der Waals surface area contributed by atoms with E-state index in [1.807, 2.05) is 11.8 Å². The molecule has 0 radical (unpaired) electrons. The SMILES string of the molecule is CCCSCC1CC1(Cl)Cl. The second kappa shape index (κ2) is 3.55. The van der Waals surface area contributed by atoms with Gasteiger partial charge in [-0.05, 0) is 24.3 Å². The highest BCUT2D eigenvalue weighted by molar-refractivity contribution is 7.99. The molecule has 3 heteroatoms. The summed E-state index contributed by atoms with van der Waals surface area (Å²) < 4.78 is -0.360. The fourth-order valence-corrected chi connectivity index (χ4v) is 2.67. The monoisotopic (exact) mass is 198 g/mol. The standard InChI is InChI=1S/C7H12Cl2S/c1-2-3-10-5-6-4-7(6,8)9/h6H,2-5H2,1H3. The van der Waals surface area contributed by atoms with Crippen LogP contribution in [0.15, 0.2) is 0 Å². The normalized spacial score (nSPS) is 28.5. The summed E-state index contributed by atoms with van der Waals surface area (Å²) in [6.45, 7) is 2.19. The topological polar surface area (TPSA) is 0 Å². The van der Waals surface area contributed by atoms with Crippen molar-refractivity contribution in [2.45, 2.75) is 24.1 Å². The number of alkyl halides is 2. The molecule has 1 fully saturated rings. The van der Waals surface area contributed by atoms with Crippen molar-refractivity contribution in [3.63, 3.8) is 0 Å². The van der Waals surface area contributed by atoms with Gasteiger partial charge in [0.25, 0.3) is 0 Å². The van der Waals surface area contributed by atoms with E-state index < -0.39 is 0 Å². The average Bonchev–Trinajstić information content (AvgIpc) is 2.41. The number of rotatable bonds is 4. The van der Waals surface area contributed by atoms with E-state index in [1.165, 1.54) is 12.2 Å². The van der Waals surface area contributed by atoms with Gasteiger partial charge >= 0.3 is 0 Å². The Morgan fingerprint density at radius 1 is 1.60 bits per heavy atom. The fourth-order valence-electron chi connectivity index (χ4n) is 0.820. The fraction of sp³-hybridized carbons (Fsp3) is 1.00. The van der Waals surface area contributed by atoms with Crippen LogP contribution in [0, 0.1) is 5.92 Å². The first-order chi connectivity index (χ1) is 4.67. The molecule has 0 amide bonds. The summed E-state index contributed by atoms with van der Waals surface area (Å²) in [6.07, 6.45) is 2.24. The van der Waals surface area contributed by atoms with Crippen molar-refractivity contribution in [1.82, 2.24) is 0 Å².